The van der Waals surface area contributed by atoms with Crippen molar-refractivity contribution in [2.45, 2.75) is 20.0 Å². The molecule has 1 aliphatic rings. The van der Waals surface area contributed by atoms with Crippen molar-refractivity contribution in [3.63, 3.8) is 0 Å². The Balaban J connectivity index is 1.78. The number of hydrogen-bond donors (Lipinski definition) is 0. The zero-order valence-electron chi connectivity index (χ0n) is 12.6. The van der Waals surface area contributed by atoms with Gasteiger partial charge in [-0.3, -0.25) is 4.79 Å². The van der Waals surface area contributed by atoms with Crippen LogP contribution >= 0.6 is 0 Å². The molecule has 0 bridgehead atoms. The lowest BCUT2D eigenvalue weighted by molar-refractivity contribution is -0.0251. The van der Waals surface area contributed by atoms with Crippen molar-refractivity contribution >= 4 is 5.91 Å². The molecule has 2 aromatic rings. The van der Waals surface area contributed by atoms with Gasteiger partial charge in [0.2, 0.25) is 0 Å². The molecular weight excluding hydrogens is 282 g/mol. The third-order valence-electron chi connectivity index (χ3n) is 3.46. The number of aryl methyl sites for hydroxylation is 2. The number of nitrogens with zero attached hydrogens (tertiary/aromatic N) is 5. The normalized spacial score (nSPS) is 18.3. The van der Waals surface area contributed by atoms with E-state index in [4.69, 9.17) is 4.74 Å². The highest BCUT2D eigenvalue weighted by atomic mass is 16.5. The van der Waals surface area contributed by atoms with E-state index in [0.717, 1.165) is 11.4 Å². The number of hydrogen-bond acceptors (Lipinski definition) is 6. The second-order valence-electron chi connectivity index (χ2n) is 5.20. The lowest BCUT2D eigenvalue weighted by Crippen LogP contribution is -2.42. The van der Waals surface area contributed by atoms with Gasteiger partial charge in [0.15, 0.2) is 5.69 Å². The molecule has 7 nitrogen and oxygen atoms in total. The summed E-state index contributed by atoms with van der Waals surface area (Å²) in [5, 5.41) is 7.62. The minimum atomic E-state index is -0.241. The van der Waals surface area contributed by atoms with Gasteiger partial charge in [-0.15, -0.1) is 5.10 Å². The molecule has 1 saturated heterocycles. The van der Waals surface area contributed by atoms with Crippen LogP contribution in [0.2, 0.25) is 0 Å². The van der Waals surface area contributed by atoms with Gasteiger partial charge in [-0.25, -0.2) is 9.97 Å². The fraction of sp³-hybridized carbons (Fsp3) is 0.400. The monoisotopic (exact) mass is 299 g/mol. The van der Waals surface area contributed by atoms with Gasteiger partial charge in [0.05, 0.1) is 18.8 Å². The van der Waals surface area contributed by atoms with Crippen LogP contribution in [0.25, 0.3) is 0 Å². The Bertz CT molecular complexity index is 657. The molecule has 114 valence electrons. The van der Waals surface area contributed by atoms with Crippen molar-refractivity contribution in [2.75, 3.05) is 19.7 Å². The van der Waals surface area contributed by atoms with E-state index in [1.54, 1.807) is 23.2 Å². The molecule has 0 N–H and O–H groups in total. The molecule has 3 rings (SSSR count). The number of rotatable bonds is 2. The summed E-state index contributed by atoms with van der Waals surface area (Å²) >= 11 is 0. The van der Waals surface area contributed by atoms with Crippen LogP contribution in [0, 0.1) is 13.8 Å². The number of carbonyl (C=O) groups excluding carboxylic acids is 1. The van der Waals surface area contributed by atoms with Crippen LogP contribution in [-0.2, 0) is 4.74 Å². The molecule has 0 aromatic carbocycles. The molecule has 0 spiro atoms. The first-order valence-electron chi connectivity index (χ1n) is 7.14. The van der Waals surface area contributed by atoms with E-state index in [2.05, 4.69) is 20.2 Å². The summed E-state index contributed by atoms with van der Waals surface area (Å²) in [4.78, 5) is 22.9. The minimum absolute atomic E-state index is 0.135. The van der Waals surface area contributed by atoms with Crippen LogP contribution in [0.15, 0.2) is 24.4 Å². The summed E-state index contributed by atoms with van der Waals surface area (Å²) in [6.45, 7) is 5.23. The van der Waals surface area contributed by atoms with Crippen molar-refractivity contribution in [1.29, 1.82) is 0 Å². The van der Waals surface area contributed by atoms with Gasteiger partial charge in [-0.2, -0.15) is 5.10 Å². The van der Waals surface area contributed by atoms with Crippen molar-refractivity contribution in [3.05, 3.63) is 47.3 Å². The molecule has 0 unspecified atom stereocenters. The first kappa shape index (κ1) is 14.5. The fourth-order valence-electron chi connectivity index (χ4n) is 2.50. The average Bonchev–Trinajstić information content (AvgIpc) is 2.54. The molecule has 0 saturated carbocycles. The van der Waals surface area contributed by atoms with Crippen LogP contribution in [0.4, 0.5) is 0 Å². The van der Waals surface area contributed by atoms with E-state index in [-0.39, 0.29) is 12.0 Å². The van der Waals surface area contributed by atoms with Crippen LogP contribution in [-0.4, -0.2) is 50.7 Å². The zero-order valence-corrected chi connectivity index (χ0v) is 12.6. The first-order chi connectivity index (χ1) is 10.6. The summed E-state index contributed by atoms with van der Waals surface area (Å²) in [5.41, 5.74) is 2.04. The predicted molar refractivity (Wildman–Crippen MR) is 78.1 cm³/mol. The third-order valence-corrected chi connectivity index (χ3v) is 3.46. The van der Waals surface area contributed by atoms with E-state index in [9.17, 15) is 4.79 Å². The lowest BCUT2D eigenvalue weighted by atomic mass is 10.1. The Morgan fingerprint density at radius 1 is 1.36 bits per heavy atom. The van der Waals surface area contributed by atoms with Crippen molar-refractivity contribution in [2.24, 2.45) is 0 Å². The minimum Gasteiger partial charge on any atom is -0.368 e. The highest BCUT2D eigenvalue weighted by Gasteiger charge is 2.28. The molecule has 1 atom stereocenters. The molecule has 2 aromatic heterocycles. The molecule has 1 amide bonds. The lowest BCUT2D eigenvalue weighted by Gasteiger charge is -2.32. The summed E-state index contributed by atoms with van der Waals surface area (Å²) in [6.07, 6.45) is 1.31. The maximum absolute atomic E-state index is 12.4. The number of ether oxygens (including phenoxy) is 1. The molecule has 0 radical (unpaired) electrons. The van der Waals surface area contributed by atoms with E-state index in [1.807, 2.05) is 19.9 Å². The number of amides is 1. The fourth-order valence-corrected chi connectivity index (χ4v) is 2.50. The van der Waals surface area contributed by atoms with Gasteiger partial charge in [0, 0.05) is 18.4 Å². The second kappa shape index (κ2) is 6.15. The van der Waals surface area contributed by atoms with E-state index in [1.165, 1.54) is 0 Å². The van der Waals surface area contributed by atoms with Crippen LogP contribution < -0.4 is 0 Å². The zero-order chi connectivity index (χ0) is 15.5. The van der Waals surface area contributed by atoms with Gasteiger partial charge < -0.3 is 9.64 Å². The Hall–Kier alpha value is -2.41. The van der Waals surface area contributed by atoms with Gasteiger partial charge in [-0.05, 0) is 32.0 Å². The van der Waals surface area contributed by atoms with Crippen LogP contribution in [0.1, 0.15) is 33.8 Å². The summed E-state index contributed by atoms with van der Waals surface area (Å²) in [5.74, 6) is 0.569. The number of morpholine rings is 1. The van der Waals surface area contributed by atoms with E-state index in [0.29, 0.717) is 31.2 Å². The van der Waals surface area contributed by atoms with Crippen molar-refractivity contribution in [1.82, 2.24) is 25.1 Å². The van der Waals surface area contributed by atoms with Gasteiger partial charge in [0.25, 0.3) is 5.91 Å². The first-order valence-corrected chi connectivity index (χ1v) is 7.14. The van der Waals surface area contributed by atoms with Gasteiger partial charge in [0.1, 0.15) is 11.9 Å². The Labute approximate surface area is 128 Å². The van der Waals surface area contributed by atoms with E-state index >= 15 is 0 Å². The van der Waals surface area contributed by atoms with Crippen LogP contribution in [0.3, 0.4) is 0 Å². The van der Waals surface area contributed by atoms with Crippen LogP contribution in [0.5, 0.6) is 0 Å². The summed E-state index contributed by atoms with van der Waals surface area (Å²) in [7, 11) is 0. The maximum atomic E-state index is 12.4. The van der Waals surface area contributed by atoms with E-state index < -0.39 is 0 Å². The SMILES string of the molecule is Cc1cc([C@@H]2CN(C(=O)c3cccnn3)CCO2)nc(C)n1. The van der Waals surface area contributed by atoms with Gasteiger partial charge in [-0.1, -0.05) is 0 Å². The highest BCUT2D eigenvalue weighted by molar-refractivity contribution is 5.92. The Kier molecular flexibility index (Phi) is 4.06. The molecule has 22 heavy (non-hydrogen) atoms. The molecule has 3 heterocycles. The molecule has 1 aliphatic heterocycles. The quantitative estimate of drug-likeness (QED) is 0.826. The Morgan fingerprint density at radius 3 is 2.95 bits per heavy atom. The second-order valence-corrected chi connectivity index (χ2v) is 5.20. The largest absolute Gasteiger partial charge is 0.368 e. The smallest absolute Gasteiger partial charge is 0.274 e. The molecule has 1 fully saturated rings. The summed E-state index contributed by atoms with van der Waals surface area (Å²) in [6, 6.07) is 5.27. The topological polar surface area (TPSA) is 81.1 Å². The van der Waals surface area contributed by atoms with Crippen molar-refractivity contribution < 1.29 is 9.53 Å². The standard InChI is InChI=1S/C15H17N5O2/c1-10-8-13(18-11(2)17-10)14-9-20(6-7-22-14)15(21)12-4-3-5-16-19-12/h3-5,8,14H,6-7,9H2,1-2H3/t14-/m0/s1. The number of carbonyl (C=O) groups is 1. The maximum Gasteiger partial charge on any atom is 0.274 e. The third kappa shape index (κ3) is 3.09. The highest BCUT2D eigenvalue weighted by Crippen LogP contribution is 2.22. The summed E-state index contributed by atoms with van der Waals surface area (Å²) < 4.78 is 5.77. The number of aromatic nitrogens is 4. The average molecular weight is 299 g/mol. The Morgan fingerprint density at radius 2 is 2.23 bits per heavy atom. The molecule has 0 aliphatic carbocycles. The molecular formula is C15H17N5O2. The van der Waals surface area contributed by atoms with Gasteiger partial charge >= 0.3 is 0 Å². The predicted octanol–water partition coefficient (Wildman–Crippen LogP) is 1.10. The van der Waals surface area contributed by atoms with Crippen molar-refractivity contribution in [3.8, 4) is 0 Å². The molecule has 7 heteroatoms.